The maximum Gasteiger partial charge on any atom is -0.0231 e. The Morgan fingerprint density at radius 2 is 1.33 bits per heavy atom. The van der Waals surface area contributed by atoms with Crippen LogP contribution in [0.4, 0.5) is 0 Å². The predicted octanol–water partition coefficient (Wildman–Crippen LogP) is 8.72. The normalized spacial score (nSPS) is 6.92. The number of unbranched alkanes of at least 4 members (excludes halogenated alkanes) is 2. The molecule has 1 rings (SSSR count). The fourth-order valence-corrected chi connectivity index (χ4v) is 1.26. The van der Waals surface area contributed by atoms with Crippen molar-refractivity contribution in [1.29, 1.82) is 0 Å². The van der Waals surface area contributed by atoms with Crippen LogP contribution < -0.4 is 0 Å². The van der Waals surface area contributed by atoms with Gasteiger partial charge in [-0.2, -0.15) is 0 Å². The summed E-state index contributed by atoms with van der Waals surface area (Å²) in [5, 5.41) is 0. The van der Waals surface area contributed by atoms with Gasteiger partial charge in [0.25, 0.3) is 0 Å². The highest BCUT2D eigenvalue weighted by atomic mass is 14.0. The Labute approximate surface area is 155 Å². The summed E-state index contributed by atoms with van der Waals surface area (Å²) < 4.78 is 0. The summed E-state index contributed by atoms with van der Waals surface area (Å²) >= 11 is 0. The van der Waals surface area contributed by atoms with E-state index < -0.39 is 0 Å². The number of aryl methyl sites for hydroxylation is 1. The van der Waals surface area contributed by atoms with E-state index in [2.05, 4.69) is 91.5 Å². The Bertz CT molecular complexity index is 342. The Balaban J connectivity index is -0.0000000732. The summed E-state index contributed by atoms with van der Waals surface area (Å²) in [7, 11) is 0. The fraction of sp³-hybridized carbons (Fsp3) is 0.500. The van der Waals surface area contributed by atoms with E-state index in [0.29, 0.717) is 0 Å². The summed E-state index contributed by atoms with van der Waals surface area (Å²) in [5.41, 5.74) is 3.66. The second-order valence-electron chi connectivity index (χ2n) is 4.71. The van der Waals surface area contributed by atoms with Gasteiger partial charge in [0.15, 0.2) is 0 Å². The van der Waals surface area contributed by atoms with Gasteiger partial charge in [-0.1, -0.05) is 109 Å². The quantitative estimate of drug-likeness (QED) is 0.383. The van der Waals surface area contributed by atoms with Crippen molar-refractivity contribution < 1.29 is 0 Å². The maximum atomic E-state index is 4.00. The molecule has 0 saturated heterocycles. The molecule has 0 amide bonds. The first-order chi connectivity index (χ1) is 11.5. The van der Waals surface area contributed by atoms with Crippen LogP contribution in [0.5, 0.6) is 0 Å². The molecule has 24 heavy (non-hydrogen) atoms. The van der Waals surface area contributed by atoms with Gasteiger partial charge in [-0.05, 0) is 19.4 Å². The molecule has 0 spiro atoms. The number of allylic oxidation sites excluding steroid dienone is 1. The lowest BCUT2D eigenvalue weighted by Gasteiger charge is -1.98. The van der Waals surface area contributed by atoms with E-state index in [1.165, 1.54) is 36.8 Å². The van der Waals surface area contributed by atoms with E-state index in [0.717, 1.165) is 5.57 Å². The maximum absolute atomic E-state index is 4.00. The van der Waals surface area contributed by atoms with Gasteiger partial charge in [-0.25, -0.2) is 0 Å². The summed E-state index contributed by atoms with van der Waals surface area (Å²) in [6.45, 7) is 26.7. The van der Waals surface area contributed by atoms with Crippen molar-refractivity contribution >= 4 is 5.57 Å². The highest BCUT2D eigenvalue weighted by Crippen LogP contribution is 2.11. The van der Waals surface area contributed by atoms with Crippen molar-refractivity contribution in [3.05, 3.63) is 55.1 Å². The lowest BCUT2D eigenvalue weighted by molar-refractivity contribution is 0.772. The van der Waals surface area contributed by atoms with Crippen LogP contribution in [-0.2, 0) is 0 Å². The van der Waals surface area contributed by atoms with Crippen molar-refractivity contribution in [2.45, 2.75) is 81.1 Å². The lowest BCUT2D eigenvalue weighted by atomic mass is 10.1. The number of benzene rings is 1. The van der Waals surface area contributed by atoms with Crippen LogP contribution >= 0.6 is 0 Å². The number of hydrogen-bond acceptors (Lipinski definition) is 0. The summed E-state index contributed by atoms with van der Waals surface area (Å²) in [5.74, 6) is 0. The second-order valence-corrected chi connectivity index (χ2v) is 4.71. The first kappa shape index (κ1) is 33.8. The summed E-state index contributed by atoms with van der Waals surface area (Å²) in [6.07, 6.45) is 13.3. The molecule has 0 heteroatoms. The van der Waals surface area contributed by atoms with Crippen LogP contribution in [0.2, 0.25) is 0 Å². The van der Waals surface area contributed by atoms with Gasteiger partial charge in [-0.3, -0.25) is 0 Å². The highest BCUT2D eigenvalue weighted by Gasteiger charge is 1.90. The van der Waals surface area contributed by atoms with Gasteiger partial charge in [-0.15, -0.1) is 26.0 Å². The van der Waals surface area contributed by atoms with Crippen LogP contribution in [0, 0.1) is 19.8 Å². The smallest absolute Gasteiger partial charge is 0.0231 e. The molecule has 1 aromatic rings. The van der Waals surface area contributed by atoms with Crippen LogP contribution in [0.25, 0.3) is 5.57 Å². The molecule has 0 heterocycles. The van der Waals surface area contributed by atoms with Gasteiger partial charge in [0.2, 0.25) is 0 Å². The molecule has 1 aromatic carbocycles. The van der Waals surface area contributed by atoms with Crippen molar-refractivity contribution in [2.24, 2.45) is 0 Å². The summed E-state index contributed by atoms with van der Waals surface area (Å²) in [6, 6.07) is 8.36. The average molecular weight is 333 g/mol. The molecule has 0 aromatic heterocycles. The minimum Gasteiger partial charge on any atom is -0.124 e. The third-order valence-electron chi connectivity index (χ3n) is 2.22. The van der Waals surface area contributed by atoms with E-state index in [1.54, 1.807) is 0 Å². The SMILES string of the molecule is C#C.C=C.C=C(C)c1cccc(C)c1.CC.CCC.CCCCC. The van der Waals surface area contributed by atoms with Crippen molar-refractivity contribution in [3.8, 4) is 12.8 Å². The standard InChI is InChI=1S/C10H12.C5H12.C3H8.C2H6.C2H4.C2H2/c1-8(2)10-6-4-5-9(3)7-10;1-3-5-4-2;1-3-2;3*1-2/h4-7H,1H2,2-3H3;3-5H2,1-2H3;3H2,1-2H3;1-2H3;1-2H2;1-2H. The first-order valence-corrected chi connectivity index (χ1v) is 9.09. The zero-order chi connectivity index (χ0) is 20.4. The average Bonchev–Trinajstić information content (AvgIpc) is 2.62. The Kier molecular flexibility index (Phi) is 52.7. The number of hydrogen-bond donors (Lipinski definition) is 0. The molecule has 0 N–H and O–H groups in total. The largest absolute Gasteiger partial charge is 0.124 e. The Morgan fingerprint density at radius 3 is 1.50 bits per heavy atom. The van der Waals surface area contributed by atoms with Crippen molar-refractivity contribution in [3.63, 3.8) is 0 Å². The zero-order valence-electron chi connectivity index (χ0n) is 17.9. The molecule has 0 aliphatic rings. The van der Waals surface area contributed by atoms with Crippen LogP contribution in [0.15, 0.2) is 44.0 Å². The minimum absolute atomic E-state index is 1.13. The van der Waals surface area contributed by atoms with Gasteiger partial charge in [0, 0.05) is 0 Å². The molecular weight excluding hydrogens is 288 g/mol. The van der Waals surface area contributed by atoms with Crippen molar-refractivity contribution in [2.75, 3.05) is 0 Å². The summed E-state index contributed by atoms with van der Waals surface area (Å²) in [4.78, 5) is 0. The molecule has 0 saturated carbocycles. The molecule has 0 fully saturated rings. The van der Waals surface area contributed by atoms with E-state index in [1.807, 2.05) is 20.8 Å². The van der Waals surface area contributed by atoms with Gasteiger partial charge >= 0.3 is 0 Å². The van der Waals surface area contributed by atoms with Gasteiger partial charge in [0.05, 0.1) is 0 Å². The minimum atomic E-state index is 1.13. The van der Waals surface area contributed by atoms with Crippen LogP contribution in [0.3, 0.4) is 0 Å². The first-order valence-electron chi connectivity index (χ1n) is 9.09. The topological polar surface area (TPSA) is 0 Å². The van der Waals surface area contributed by atoms with Crippen LogP contribution in [0.1, 0.15) is 85.3 Å². The number of terminal acetylenes is 1. The second kappa shape index (κ2) is 37.5. The van der Waals surface area contributed by atoms with Gasteiger partial charge < -0.3 is 0 Å². The van der Waals surface area contributed by atoms with Crippen molar-refractivity contribution in [1.82, 2.24) is 0 Å². The molecular formula is C24H44. The number of rotatable bonds is 3. The van der Waals surface area contributed by atoms with E-state index in [9.17, 15) is 0 Å². The third-order valence-corrected chi connectivity index (χ3v) is 2.22. The third kappa shape index (κ3) is 37.0. The molecule has 0 aliphatic carbocycles. The van der Waals surface area contributed by atoms with E-state index in [-0.39, 0.29) is 0 Å². The molecule has 0 radical (unpaired) electrons. The molecule has 0 aliphatic heterocycles. The predicted molar refractivity (Wildman–Crippen MR) is 120 cm³/mol. The molecule has 0 nitrogen and oxygen atoms in total. The zero-order valence-corrected chi connectivity index (χ0v) is 17.9. The molecule has 140 valence electrons. The van der Waals surface area contributed by atoms with E-state index in [4.69, 9.17) is 0 Å². The molecule has 0 unspecified atom stereocenters. The highest BCUT2D eigenvalue weighted by molar-refractivity contribution is 5.61. The fourth-order valence-electron chi connectivity index (χ4n) is 1.26. The lowest BCUT2D eigenvalue weighted by Crippen LogP contribution is -1.77. The monoisotopic (exact) mass is 332 g/mol. The van der Waals surface area contributed by atoms with E-state index >= 15 is 0 Å². The molecule has 0 bridgehead atoms. The van der Waals surface area contributed by atoms with Gasteiger partial charge in [0.1, 0.15) is 0 Å². The Morgan fingerprint density at radius 1 is 0.958 bits per heavy atom. The molecule has 0 atom stereocenters. The van der Waals surface area contributed by atoms with Crippen LogP contribution in [-0.4, -0.2) is 0 Å². The Hall–Kier alpha value is -1.74.